The van der Waals surface area contributed by atoms with Crippen molar-refractivity contribution < 1.29 is 23.5 Å². The number of ether oxygens (including phenoxy) is 2. The normalized spacial score (nSPS) is 12.1. The molecule has 0 aliphatic carbocycles. The molecule has 0 aliphatic heterocycles. The Labute approximate surface area is 124 Å². The first-order valence-electron chi connectivity index (χ1n) is 7.04. The fourth-order valence-corrected chi connectivity index (χ4v) is 1.85. The highest BCUT2D eigenvalue weighted by Gasteiger charge is 2.33. The third-order valence-electron chi connectivity index (χ3n) is 2.88. The van der Waals surface area contributed by atoms with Crippen molar-refractivity contribution >= 4 is 11.6 Å². The van der Waals surface area contributed by atoms with E-state index in [9.17, 15) is 14.0 Å². The molecule has 0 saturated carbocycles. The Morgan fingerprint density at radius 3 is 1.95 bits per heavy atom. The molecule has 116 valence electrons. The molecular formula is C16H21FO4. The Morgan fingerprint density at radius 1 is 1.10 bits per heavy atom. The SMILES string of the molecule is CCOc1cccc(OCC)c1C(=O)C(F)C(=O)C(C)C. The molecule has 1 rings (SSSR count). The molecule has 0 amide bonds. The standard InChI is InChI=1S/C16H21FO4/c1-5-20-11-8-7-9-12(21-6-2)13(11)16(19)14(17)15(18)10(3)4/h7-10,14H,5-6H2,1-4H3. The summed E-state index contributed by atoms with van der Waals surface area (Å²) in [5, 5.41) is 0. The predicted molar refractivity (Wildman–Crippen MR) is 77.9 cm³/mol. The van der Waals surface area contributed by atoms with E-state index in [0.29, 0.717) is 13.2 Å². The molecule has 0 spiro atoms. The van der Waals surface area contributed by atoms with Gasteiger partial charge >= 0.3 is 0 Å². The molecule has 1 aromatic carbocycles. The van der Waals surface area contributed by atoms with E-state index in [1.807, 2.05) is 0 Å². The van der Waals surface area contributed by atoms with Gasteiger partial charge in [-0.15, -0.1) is 0 Å². The van der Waals surface area contributed by atoms with Crippen LogP contribution in [0.1, 0.15) is 38.1 Å². The van der Waals surface area contributed by atoms with E-state index in [4.69, 9.17) is 9.47 Å². The summed E-state index contributed by atoms with van der Waals surface area (Å²) < 4.78 is 24.9. The van der Waals surface area contributed by atoms with Gasteiger partial charge in [-0.1, -0.05) is 19.9 Å². The summed E-state index contributed by atoms with van der Waals surface area (Å²) in [6.07, 6.45) is -2.20. The van der Waals surface area contributed by atoms with E-state index in [1.54, 1.807) is 45.9 Å². The average Bonchev–Trinajstić information content (AvgIpc) is 2.46. The second-order valence-corrected chi connectivity index (χ2v) is 4.78. The van der Waals surface area contributed by atoms with Crippen LogP contribution in [0, 0.1) is 5.92 Å². The molecule has 0 aliphatic rings. The highest BCUT2D eigenvalue weighted by molar-refractivity contribution is 6.16. The molecule has 0 radical (unpaired) electrons. The summed E-state index contributed by atoms with van der Waals surface area (Å²) in [5.41, 5.74) is -0.0114. The Kier molecular flexibility index (Phi) is 6.34. The van der Waals surface area contributed by atoms with Gasteiger partial charge in [0.15, 0.2) is 5.78 Å². The van der Waals surface area contributed by atoms with Gasteiger partial charge in [0, 0.05) is 5.92 Å². The van der Waals surface area contributed by atoms with E-state index >= 15 is 0 Å². The monoisotopic (exact) mass is 296 g/mol. The molecule has 0 bridgehead atoms. The minimum atomic E-state index is -2.20. The number of benzene rings is 1. The summed E-state index contributed by atoms with van der Waals surface area (Å²) >= 11 is 0. The highest BCUT2D eigenvalue weighted by Crippen LogP contribution is 2.31. The summed E-state index contributed by atoms with van der Waals surface area (Å²) in [7, 11) is 0. The average molecular weight is 296 g/mol. The Balaban J connectivity index is 3.24. The number of carbonyl (C=O) groups is 2. The largest absolute Gasteiger partial charge is 0.493 e. The maximum atomic E-state index is 14.2. The smallest absolute Gasteiger partial charge is 0.221 e. The maximum Gasteiger partial charge on any atom is 0.221 e. The van der Waals surface area contributed by atoms with Gasteiger partial charge in [0.2, 0.25) is 12.0 Å². The van der Waals surface area contributed by atoms with Crippen LogP contribution in [0.25, 0.3) is 0 Å². The first-order valence-corrected chi connectivity index (χ1v) is 7.04. The molecule has 1 atom stereocenters. The third kappa shape index (κ3) is 4.03. The number of Topliss-reactive ketones (excluding diaryl/α,β-unsaturated/α-hetero) is 2. The van der Waals surface area contributed by atoms with Crippen LogP contribution in [0.2, 0.25) is 0 Å². The van der Waals surface area contributed by atoms with Gasteiger partial charge in [0.25, 0.3) is 0 Å². The Hall–Kier alpha value is -1.91. The molecule has 0 saturated heterocycles. The molecule has 0 heterocycles. The van der Waals surface area contributed by atoms with Gasteiger partial charge in [-0.3, -0.25) is 9.59 Å². The molecule has 21 heavy (non-hydrogen) atoms. The van der Waals surface area contributed by atoms with Gasteiger partial charge < -0.3 is 9.47 Å². The van der Waals surface area contributed by atoms with Gasteiger partial charge in [0.1, 0.15) is 17.1 Å². The van der Waals surface area contributed by atoms with Gasteiger partial charge in [-0.25, -0.2) is 4.39 Å². The lowest BCUT2D eigenvalue weighted by Crippen LogP contribution is -2.30. The van der Waals surface area contributed by atoms with Crippen molar-refractivity contribution in [2.45, 2.75) is 33.9 Å². The first kappa shape index (κ1) is 17.1. The lowest BCUT2D eigenvalue weighted by atomic mass is 9.97. The van der Waals surface area contributed by atoms with Crippen LogP contribution < -0.4 is 9.47 Å². The van der Waals surface area contributed by atoms with Crippen LogP contribution in [0.4, 0.5) is 4.39 Å². The van der Waals surface area contributed by atoms with Gasteiger partial charge in [-0.2, -0.15) is 0 Å². The van der Waals surface area contributed by atoms with Crippen molar-refractivity contribution in [1.82, 2.24) is 0 Å². The topological polar surface area (TPSA) is 52.6 Å². The zero-order valence-electron chi connectivity index (χ0n) is 12.8. The van der Waals surface area contributed by atoms with Crippen LogP contribution in [-0.2, 0) is 4.79 Å². The van der Waals surface area contributed by atoms with Crippen LogP contribution in [-0.4, -0.2) is 31.0 Å². The molecule has 0 aromatic heterocycles. The third-order valence-corrected chi connectivity index (χ3v) is 2.88. The van der Waals surface area contributed by atoms with Crippen LogP contribution in [0.3, 0.4) is 0 Å². The molecule has 0 N–H and O–H groups in total. The Bertz CT molecular complexity index is 487. The summed E-state index contributed by atoms with van der Waals surface area (Å²) in [6, 6.07) is 4.78. The van der Waals surface area contributed by atoms with E-state index < -0.39 is 23.7 Å². The van der Waals surface area contributed by atoms with Crippen LogP contribution >= 0.6 is 0 Å². The maximum absolute atomic E-state index is 14.2. The molecule has 0 fully saturated rings. The van der Waals surface area contributed by atoms with Crippen molar-refractivity contribution in [2.24, 2.45) is 5.92 Å². The number of hydrogen-bond donors (Lipinski definition) is 0. The lowest BCUT2D eigenvalue weighted by molar-refractivity contribution is -0.125. The van der Waals surface area contributed by atoms with Crippen LogP contribution in [0.15, 0.2) is 18.2 Å². The van der Waals surface area contributed by atoms with Crippen molar-refractivity contribution in [2.75, 3.05) is 13.2 Å². The van der Waals surface area contributed by atoms with Crippen molar-refractivity contribution in [3.8, 4) is 11.5 Å². The summed E-state index contributed by atoms with van der Waals surface area (Å²) in [5.74, 6) is -1.76. The minimum Gasteiger partial charge on any atom is -0.493 e. The minimum absolute atomic E-state index is 0.0114. The van der Waals surface area contributed by atoms with E-state index in [1.165, 1.54) is 0 Å². The number of halogens is 1. The molecule has 1 aromatic rings. The van der Waals surface area contributed by atoms with E-state index in [-0.39, 0.29) is 17.1 Å². The molecule has 5 heteroatoms. The number of alkyl halides is 1. The highest BCUT2D eigenvalue weighted by atomic mass is 19.1. The van der Waals surface area contributed by atoms with Crippen molar-refractivity contribution in [3.63, 3.8) is 0 Å². The predicted octanol–water partition coefficient (Wildman–Crippen LogP) is 3.23. The fraction of sp³-hybridized carbons (Fsp3) is 0.500. The van der Waals surface area contributed by atoms with E-state index in [0.717, 1.165) is 0 Å². The summed E-state index contributed by atoms with van der Waals surface area (Å²) in [6.45, 7) is 7.28. The van der Waals surface area contributed by atoms with E-state index in [2.05, 4.69) is 0 Å². The second kappa shape index (κ2) is 7.76. The first-order chi connectivity index (χ1) is 9.93. The summed E-state index contributed by atoms with van der Waals surface area (Å²) in [4.78, 5) is 24.0. The zero-order valence-corrected chi connectivity index (χ0v) is 12.8. The van der Waals surface area contributed by atoms with Gasteiger partial charge in [-0.05, 0) is 26.0 Å². The lowest BCUT2D eigenvalue weighted by Gasteiger charge is -2.16. The van der Waals surface area contributed by atoms with Crippen molar-refractivity contribution in [3.05, 3.63) is 23.8 Å². The van der Waals surface area contributed by atoms with Crippen molar-refractivity contribution in [1.29, 1.82) is 0 Å². The number of ketones is 2. The molecule has 1 unspecified atom stereocenters. The molecular weight excluding hydrogens is 275 g/mol. The van der Waals surface area contributed by atoms with Gasteiger partial charge in [0.05, 0.1) is 13.2 Å². The number of rotatable bonds is 8. The molecule has 4 nitrogen and oxygen atoms in total. The number of carbonyl (C=O) groups excluding carboxylic acids is 2. The van der Waals surface area contributed by atoms with Crippen LogP contribution in [0.5, 0.6) is 11.5 Å². The zero-order chi connectivity index (χ0) is 16.0. The quantitative estimate of drug-likeness (QED) is 0.546. The fourth-order valence-electron chi connectivity index (χ4n) is 1.85. The Morgan fingerprint density at radius 2 is 1.57 bits per heavy atom. The number of hydrogen-bond acceptors (Lipinski definition) is 4. The second-order valence-electron chi connectivity index (χ2n) is 4.78.